The summed E-state index contributed by atoms with van der Waals surface area (Å²) in [7, 11) is 0. The first kappa shape index (κ1) is 30.1. The average Bonchev–Trinajstić information content (AvgIpc) is 3.65. The molecule has 0 bridgehead atoms. The quantitative estimate of drug-likeness (QED) is 0.197. The number of nitrogens with one attached hydrogen (secondary N) is 2. The molecule has 2 aliphatic rings. The lowest BCUT2D eigenvalue weighted by Crippen LogP contribution is -2.46. The Hall–Kier alpha value is -4.97. The third kappa shape index (κ3) is 5.93. The van der Waals surface area contributed by atoms with E-state index in [1.54, 1.807) is 29.7 Å². The Morgan fingerprint density at radius 3 is 2.42 bits per heavy atom. The highest BCUT2D eigenvalue weighted by Crippen LogP contribution is 2.56. The first-order valence-electron chi connectivity index (χ1n) is 14.4. The minimum atomic E-state index is -5.03. The molecule has 0 spiro atoms. The topological polar surface area (TPSA) is 121 Å². The van der Waals surface area contributed by atoms with Crippen LogP contribution < -0.4 is 15.5 Å². The summed E-state index contributed by atoms with van der Waals surface area (Å²) in [4.78, 5) is 43.7. The van der Waals surface area contributed by atoms with Crippen molar-refractivity contribution in [2.75, 3.05) is 13.1 Å². The van der Waals surface area contributed by atoms with Gasteiger partial charge in [-0.2, -0.15) is 13.2 Å². The van der Waals surface area contributed by atoms with Crippen LogP contribution in [-0.2, 0) is 26.4 Å². The number of ether oxygens (including phenoxy) is 1. The molecule has 4 aromatic rings. The molecule has 2 heterocycles. The average molecular weight is 619 g/mol. The molecule has 6 rings (SSSR count). The van der Waals surface area contributed by atoms with Gasteiger partial charge in [0.25, 0.3) is 0 Å². The fourth-order valence-corrected chi connectivity index (χ4v) is 6.08. The van der Waals surface area contributed by atoms with Crippen molar-refractivity contribution in [2.24, 2.45) is 5.92 Å². The zero-order valence-electron chi connectivity index (χ0n) is 23.9. The highest BCUT2D eigenvalue weighted by Gasteiger charge is 2.66. The number of rotatable bonds is 8. The maximum absolute atomic E-state index is 13.8. The van der Waals surface area contributed by atoms with Crippen LogP contribution in [0.15, 0.2) is 84.9 Å². The van der Waals surface area contributed by atoms with Crippen molar-refractivity contribution >= 4 is 28.6 Å². The fourth-order valence-electron chi connectivity index (χ4n) is 6.08. The van der Waals surface area contributed by atoms with Crippen LogP contribution in [0.25, 0.3) is 22.2 Å². The maximum Gasteiger partial charge on any atom is 0.471 e. The summed E-state index contributed by atoms with van der Waals surface area (Å²) in [6, 6.07) is 25.4. The van der Waals surface area contributed by atoms with E-state index in [0.29, 0.717) is 11.3 Å². The minimum absolute atomic E-state index is 0.111. The van der Waals surface area contributed by atoms with E-state index in [-0.39, 0.29) is 32.5 Å². The molecule has 3 atom stereocenters. The number of pyridine rings is 1. The van der Waals surface area contributed by atoms with Crippen LogP contribution in [0, 0.1) is 5.92 Å². The van der Waals surface area contributed by atoms with Gasteiger partial charge >= 0.3 is 12.1 Å². The number of halogens is 3. The van der Waals surface area contributed by atoms with E-state index >= 15 is 0 Å². The van der Waals surface area contributed by atoms with Crippen LogP contribution in [0.3, 0.4) is 0 Å². The maximum atomic E-state index is 13.8. The molecule has 1 aliphatic heterocycles. The van der Waals surface area contributed by atoms with Crippen molar-refractivity contribution in [1.82, 2.24) is 20.7 Å². The summed E-state index contributed by atoms with van der Waals surface area (Å²) in [5, 5.41) is 12.1. The number of hydrogen-bond acceptors (Lipinski definition) is 6. The number of fused-ring (bicyclic) bond motifs is 1. The van der Waals surface area contributed by atoms with Gasteiger partial charge in [-0.15, -0.1) is 0 Å². The number of nitrogens with zero attached hydrogens (tertiary/aromatic N) is 2. The van der Waals surface area contributed by atoms with Crippen LogP contribution in [0.1, 0.15) is 24.0 Å². The Morgan fingerprint density at radius 2 is 1.71 bits per heavy atom. The van der Waals surface area contributed by atoms with Gasteiger partial charge in [-0.05, 0) is 42.7 Å². The summed E-state index contributed by atoms with van der Waals surface area (Å²) >= 11 is 0. The number of amides is 3. The van der Waals surface area contributed by atoms with E-state index in [1.165, 1.54) is 4.90 Å². The van der Waals surface area contributed by atoms with Crippen LogP contribution in [-0.4, -0.2) is 58.1 Å². The van der Waals surface area contributed by atoms with Crippen molar-refractivity contribution in [2.45, 2.75) is 37.1 Å². The van der Waals surface area contributed by atoms with Crippen LogP contribution >= 0.6 is 0 Å². The van der Waals surface area contributed by atoms with Crippen LogP contribution in [0.5, 0.6) is 5.75 Å². The smallest absolute Gasteiger partial charge is 0.471 e. The van der Waals surface area contributed by atoms with Gasteiger partial charge in [0, 0.05) is 35.6 Å². The Labute approximate surface area is 256 Å². The summed E-state index contributed by atoms with van der Waals surface area (Å²) < 4.78 is 44.3. The number of benzene rings is 3. The van der Waals surface area contributed by atoms with Crippen molar-refractivity contribution in [3.8, 4) is 17.0 Å². The van der Waals surface area contributed by atoms with Gasteiger partial charge in [-0.3, -0.25) is 19.6 Å². The van der Waals surface area contributed by atoms with Crippen LogP contribution in [0.4, 0.5) is 13.2 Å². The first-order valence-corrected chi connectivity index (χ1v) is 14.4. The van der Waals surface area contributed by atoms with Crippen molar-refractivity contribution in [3.63, 3.8) is 0 Å². The molecular formula is C33H29F3N4O5. The van der Waals surface area contributed by atoms with E-state index in [9.17, 15) is 32.8 Å². The number of hydroxylamine groups is 1. The van der Waals surface area contributed by atoms with E-state index in [1.807, 2.05) is 66.0 Å². The van der Waals surface area contributed by atoms with E-state index < -0.39 is 41.3 Å². The lowest BCUT2D eigenvalue weighted by molar-refractivity contribution is -0.174. The zero-order chi connectivity index (χ0) is 31.8. The predicted octanol–water partition coefficient (Wildman–Crippen LogP) is 4.52. The van der Waals surface area contributed by atoms with Gasteiger partial charge in [-0.25, -0.2) is 10.5 Å². The van der Waals surface area contributed by atoms with Gasteiger partial charge < -0.3 is 15.0 Å². The molecular weight excluding hydrogens is 589 g/mol. The lowest BCUT2D eigenvalue weighted by atomic mass is 9.91. The Bertz CT molecular complexity index is 1750. The molecule has 1 aromatic heterocycles. The highest BCUT2D eigenvalue weighted by atomic mass is 19.4. The molecule has 0 radical (unpaired) electrons. The minimum Gasteiger partial charge on any atom is -0.489 e. The molecule has 3 aromatic carbocycles. The standard InChI is InChI=1S/C33H29F3N4O5/c34-33(35,36)30(42)37-23-14-15-40(18-23)31(43)32(17-26(32)29(41)39-44)22-10-12-24(13-11-22)45-19-21-16-28(20-6-2-1-3-7-20)38-27-9-5-4-8-25(21)27/h1-13,16,23,26,44H,14-15,17-19H2,(H,37,42)(H,39,41)/t23-,26+,32+/m0/s1. The SMILES string of the molecule is O=C(NO)[C@H]1C[C@@]1(C(=O)N1CC[C@H](NC(=O)C(F)(F)F)C1)c1ccc(OCc2cc(-c3ccccc3)nc3ccccc23)cc1. The number of hydrogen-bond donors (Lipinski definition) is 3. The lowest BCUT2D eigenvalue weighted by Gasteiger charge is -2.25. The second kappa shape index (κ2) is 11.8. The third-order valence-corrected chi connectivity index (χ3v) is 8.47. The molecule has 0 unspecified atom stereocenters. The summed E-state index contributed by atoms with van der Waals surface area (Å²) in [6.45, 7) is 0.228. The molecule has 3 N–H and O–H groups in total. The normalized spacial score (nSPS) is 20.9. The number of carbonyl (C=O) groups is 3. The number of alkyl halides is 3. The van der Waals surface area contributed by atoms with Gasteiger partial charge in [0.05, 0.1) is 22.5 Å². The first-order chi connectivity index (χ1) is 21.6. The molecule has 1 aliphatic carbocycles. The highest BCUT2D eigenvalue weighted by molar-refractivity contribution is 6.00. The number of likely N-dealkylation sites (tertiary alicyclic amines) is 1. The van der Waals surface area contributed by atoms with Crippen LogP contribution in [0.2, 0.25) is 0 Å². The zero-order valence-corrected chi connectivity index (χ0v) is 23.9. The van der Waals surface area contributed by atoms with Crippen molar-refractivity contribution in [1.29, 1.82) is 0 Å². The molecule has 12 heteroatoms. The van der Waals surface area contributed by atoms with Gasteiger partial charge in [-0.1, -0.05) is 60.7 Å². The van der Waals surface area contributed by atoms with E-state index in [4.69, 9.17) is 9.72 Å². The summed E-state index contributed by atoms with van der Waals surface area (Å²) in [5.74, 6) is -3.60. The van der Waals surface area contributed by atoms with Gasteiger partial charge in [0.15, 0.2) is 0 Å². The summed E-state index contributed by atoms with van der Waals surface area (Å²) in [5.41, 5.74) is 4.36. The Morgan fingerprint density at radius 1 is 1.00 bits per heavy atom. The van der Waals surface area contributed by atoms with E-state index in [2.05, 4.69) is 0 Å². The molecule has 1 saturated heterocycles. The second-order valence-electron chi connectivity index (χ2n) is 11.3. The van der Waals surface area contributed by atoms with E-state index in [0.717, 1.165) is 27.7 Å². The molecule has 2 fully saturated rings. The predicted molar refractivity (Wildman–Crippen MR) is 157 cm³/mol. The largest absolute Gasteiger partial charge is 0.489 e. The van der Waals surface area contributed by atoms with Crippen molar-refractivity contribution in [3.05, 3.63) is 96.1 Å². The molecule has 3 amide bonds. The number of para-hydroxylation sites is 1. The molecule has 9 nitrogen and oxygen atoms in total. The van der Waals surface area contributed by atoms with Gasteiger partial charge in [0.2, 0.25) is 11.8 Å². The summed E-state index contributed by atoms with van der Waals surface area (Å²) in [6.07, 6.45) is -4.78. The third-order valence-electron chi connectivity index (χ3n) is 8.47. The molecule has 1 saturated carbocycles. The Kier molecular flexibility index (Phi) is 7.92. The Balaban J connectivity index is 1.20. The fraction of sp³-hybridized carbons (Fsp3) is 0.273. The monoisotopic (exact) mass is 618 g/mol. The molecule has 45 heavy (non-hydrogen) atoms. The number of aromatic nitrogens is 1. The van der Waals surface area contributed by atoms with Gasteiger partial charge in [0.1, 0.15) is 12.4 Å². The second-order valence-corrected chi connectivity index (χ2v) is 11.3. The molecule has 232 valence electrons. The van der Waals surface area contributed by atoms with Crippen molar-refractivity contribution < 1.29 is 37.5 Å². The number of carbonyl (C=O) groups excluding carboxylic acids is 3.